The maximum Gasteiger partial charge on any atom is 0.408 e. The van der Waals surface area contributed by atoms with Gasteiger partial charge in [0.15, 0.2) is 0 Å². The second kappa shape index (κ2) is 8.64. The van der Waals surface area contributed by atoms with Gasteiger partial charge in [-0.05, 0) is 26.3 Å². The summed E-state index contributed by atoms with van der Waals surface area (Å²) < 4.78 is 15.9. The van der Waals surface area contributed by atoms with Gasteiger partial charge in [0.2, 0.25) is 0 Å². The van der Waals surface area contributed by atoms with Crippen LogP contribution in [0, 0.1) is 0 Å². The molecule has 0 aromatic heterocycles. The highest BCUT2D eigenvalue weighted by atomic mass is 16.6. The molecule has 1 rings (SSSR count). The average Bonchev–Trinajstić information content (AvgIpc) is 2.38. The third-order valence-electron chi connectivity index (χ3n) is 2.52. The van der Waals surface area contributed by atoms with Crippen molar-refractivity contribution in [3.05, 3.63) is 35.9 Å². The van der Waals surface area contributed by atoms with Gasteiger partial charge in [-0.25, -0.2) is 4.79 Å². The van der Waals surface area contributed by atoms with E-state index >= 15 is 0 Å². The van der Waals surface area contributed by atoms with E-state index in [4.69, 9.17) is 14.2 Å². The first kappa shape index (κ1) is 17.5. The van der Waals surface area contributed by atoms with Crippen LogP contribution in [0.2, 0.25) is 0 Å². The molecule has 21 heavy (non-hydrogen) atoms. The monoisotopic (exact) mass is 295 g/mol. The number of hydrogen-bond acceptors (Lipinski definition) is 4. The van der Waals surface area contributed by atoms with Gasteiger partial charge >= 0.3 is 6.09 Å². The summed E-state index contributed by atoms with van der Waals surface area (Å²) >= 11 is 0. The maximum absolute atomic E-state index is 11.7. The maximum atomic E-state index is 11.7. The first-order chi connectivity index (χ1) is 9.90. The lowest BCUT2D eigenvalue weighted by atomic mass is 10.2. The SMILES string of the molecule is COCC(COCc1ccccc1)NC(=O)OC(C)(C)C. The van der Waals surface area contributed by atoms with Crippen molar-refractivity contribution in [3.8, 4) is 0 Å². The second-order valence-corrected chi connectivity index (χ2v) is 5.80. The minimum atomic E-state index is -0.521. The third kappa shape index (κ3) is 8.32. The van der Waals surface area contributed by atoms with Crippen molar-refractivity contribution in [2.24, 2.45) is 0 Å². The molecule has 0 heterocycles. The smallest absolute Gasteiger partial charge is 0.408 e. The second-order valence-electron chi connectivity index (χ2n) is 5.80. The van der Waals surface area contributed by atoms with E-state index in [1.807, 2.05) is 51.1 Å². The summed E-state index contributed by atoms with van der Waals surface area (Å²) in [7, 11) is 1.58. The van der Waals surface area contributed by atoms with Crippen LogP contribution in [-0.4, -0.2) is 38.1 Å². The van der Waals surface area contributed by atoms with Gasteiger partial charge in [-0.1, -0.05) is 30.3 Å². The van der Waals surface area contributed by atoms with E-state index < -0.39 is 11.7 Å². The molecule has 0 bridgehead atoms. The molecule has 1 aromatic carbocycles. The van der Waals surface area contributed by atoms with E-state index in [1.165, 1.54) is 0 Å². The van der Waals surface area contributed by atoms with Crippen LogP contribution in [0.1, 0.15) is 26.3 Å². The van der Waals surface area contributed by atoms with Gasteiger partial charge in [-0.3, -0.25) is 0 Å². The molecule has 1 amide bonds. The fourth-order valence-corrected chi connectivity index (χ4v) is 1.70. The van der Waals surface area contributed by atoms with Gasteiger partial charge in [-0.2, -0.15) is 0 Å². The predicted molar refractivity (Wildman–Crippen MR) is 81.1 cm³/mol. The standard InChI is InChI=1S/C16H25NO4/c1-16(2,3)21-15(18)17-14(11-19-4)12-20-10-13-8-6-5-7-9-13/h5-9,14H,10-12H2,1-4H3,(H,17,18). The van der Waals surface area contributed by atoms with Crippen molar-refractivity contribution in [1.29, 1.82) is 0 Å². The molecule has 118 valence electrons. The first-order valence-electron chi connectivity index (χ1n) is 7.01. The molecule has 1 N–H and O–H groups in total. The van der Waals surface area contributed by atoms with Crippen molar-refractivity contribution < 1.29 is 19.0 Å². The number of rotatable bonds is 7. The van der Waals surface area contributed by atoms with E-state index in [0.717, 1.165) is 5.56 Å². The topological polar surface area (TPSA) is 56.8 Å². The van der Waals surface area contributed by atoms with E-state index in [1.54, 1.807) is 7.11 Å². The summed E-state index contributed by atoms with van der Waals surface area (Å²) in [6.45, 7) is 6.70. The Bertz CT molecular complexity index is 414. The van der Waals surface area contributed by atoms with Gasteiger partial charge in [0.25, 0.3) is 0 Å². The third-order valence-corrected chi connectivity index (χ3v) is 2.52. The molecule has 1 unspecified atom stereocenters. The number of carbonyl (C=O) groups is 1. The number of benzene rings is 1. The number of carbonyl (C=O) groups excluding carboxylic acids is 1. The van der Waals surface area contributed by atoms with Crippen LogP contribution >= 0.6 is 0 Å². The van der Waals surface area contributed by atoms with Crippen molar-refractivity contribution in [2.45, 2.75) is 39.0 Å². The minimum Gasteiger partial charge on any atom is -0.444 e. The Balaban J connectivity index is 2.37. The molecular formula is C16H25NO4. The number of hydrogen-bond donors (Lipinski definition) is 1. The Morgan fingerprint density at radius 3 is 2.43 bits per heavy atom. The van der Waals surface area contributed by atoms with E-state index in [0.29, 0.717) is 19.8 Å². The molecule has 0 saturated carbocycles. The molecule has 0 radical (unpaired) electrons. The summed E-state index contributed by atoms with van der Waals surface area (Å²) in [5.74, 6) is 0. The Morgan fingerprint density at radius 1 is 1.19 bits per heavy atom. The number of alkyl carbamates (subject to hydrolysis) is 1. The lowest BCUT2D eigenvalue weighted by molar-refractivity contribution is 0.0326. The van der Waals surface area contributed by atoms with Crippen molar-refractivity contribution in [1.82, 2.24) is 5.32 Å². The van der Waals surface area contributed by atoms with E-state index in [2.05, 4.69) is 5.32 Å². The van der Waals surface area contributed by atoms with Crippen LogP contribution in [0.5, 0.6) is 0 Å². The number of methoxy groups -OCH3 is 1. The molecule has 5 nitrogen and oxygen atoms in total. The van der Waals surface area contributed by atoms with E-state index in [9.17, 15) is 4.79 Å². The van der Waals surface area contributed by atoms with Gasteiger partial charge in [-0.15, -0.1) is 0 Å². The van der Waals surface area contributed by atoms with Gasteiger partial charge in [0, 0.05) is 7.11 Å². The Morgan fingerprint density at radius 2 is 1.86 bits per heavy atom. The van der Waals surface area contributed by atoms with Crippen LogP contribution in [0.25, 0.3) is 0 Å². The van der Waals surface area contributed by atoms with Crippen LogP contribution in [0.4, 0.5) is 4.79 Å². The molecular weight excluding hydrogens is 270 g/mol. The van der Waals surface area contributed by atoms with Crippen LogP contribution < -0.4 is 5.32 Å². The molecule has 1 aromatic rings. The van der Waals surface area contributed by atoms with E-state index in [-0.39, 0.29) is 6.04 Å². The Kier molecular flexibility index (Phi) is 7.19. The molecule has 0 spiro atoms. The fraction of sp³-hybridized carbons (Fsp3) is 0.562. The van der Waals surface area contributed by atoms with Crippen LogP contribution in [0.3, 0.4) is 0 Å². The highest BCUT2D eigenvalue weighted by molar-refractivity contribution is 5.68. The molecule has 0 aliphatic heterocycles. The number of nitrogens with one attached hydrogen (secondary N) is 1. The van der Waals surface area contributed by atoms with Crippen molar-refractivity contribution in [3.63, 3.8) is 0 Å². The van der Waals surface area contributed by atoms with Crippen molar-refractivity contribution in [2.75, 3.05) is 20.3 Å². The number of ether oxygens (including phenoxy) is 3. The zero-order valence-corrected chi connectivity index (χ0v) is 13.2. The highest BCUT2D eigenvalue weighted by Crippen LogP contribution is 2.07. The molecule has 5 heteroatoms. The lowest BCUT2D eigenvalue weighted by Gasteiger charge is -2.23. The van der Waals surface area contributed by atoms with Gasteiger partial charge < -0.3 is 19.5 Å². The molecule has 0 aliphatic carbocycles. The first-order valence-corrected chi connectivity index (χ1v) is 7.01. The molecule has 0 saturated heterocycles. The summed E-state index contributed by atoms with van der Waals surface area (Å²) in [4.78, 5) is 11.7. The fourth-order valence-electron chi connectivity index (χ4n) is 1.70. The minimum absolute atomic E-state index is 0.242. The predicted octanol–water partition coefficient (Wildman–Crippen LogP) is 2.74. The molecule has 0 aliphatic rings. The summed E-state index contributed by atoms with van der Waals surface area (Å²) in [6, 6.07) is 9.63. The zero-order chi connectivity index (χ0) is 15.7. The summed E-state index contributed by atoms with van der Waals surface area (Å²) in [6.07, 6.45) is -0.465. The van der Waals surface area contributed by atoms with Gasteiger partial charge in [0.05, 0.1) is 25.9 Å². The van der Waals surface area contributed by atoms with Crippen LogP contribution in [-0.2, 0) is 20.8 Å². The Hall–Kier alpha value is -1.59. The quantitative estimate of drug-likeness (QED) is 0.840. The largest absolute Gasteiger partial charge is 0.444 e. The van der Waals surface area contributed by atoms with Gasteiger partial charge in [0.1, 0.15) is 5.60 Å². The van der Waals surface area contributed by atoms with Crippen molar-refractivity contribution >= 4 is 6.09 Å². The zero-order valence-electron chi connectivity index (χ0n) is 13.2. The summed E-state index contributed by atoms with van der Waals surface area (Å²) in [5, 5.41) is 2.75. The highest BCUT2D eigenvalue weighted by Gasteiger charge is 2.19. The summed E-state index contributed by atoms with van der Waals surface area (Å²) in [5.41, 5.74) is 0.568. The number of amides is 1. The Labute approximate surface area is 126 Å². The average molecular weight is 295 g/mol. The molecule has 1 atom stereocenters. The van der Waals surface area contributed by atoms with Crippen LogP contribution in [0.15, 0.2) is 30.3 Å². The lowest BCUT2D eigenvalue weighted by Crippen LogP contribution is -2.43. The normalized spacial score (nSPS) is 12.8. The molecule has 0 fully saturated rings.